The average molecular weight is 312 g/mol. The molecule has 0 saturated heterocycles. The van der Waals surface area contributed by atoms with E-state index in [1.54, 1.807) is 13.0 Å². The fraction of sp³-hybridized carbons (Fsp3) is 0.385. The molecule has 8 heteroatoms. The van der Waals surface area contributed by atoms with E-state index in [0.29, 0.717) is 5.75 Å². The SMILES string of the molecule is COC(=O)C(C)CSCC(=O)Nc1ccccc1[N+](=O)[O-]. The highest BCUT2D eigenvalue weighted by molar-refractivity contribution is 8.00. The Labute approximate surface area is 126 Å². The number of nitro benzene ring substituents is 1. The third kappa shape index (κ3) is 5.42. The Morgan fingerprint density at radius 2 is 2.10 bits per heavy atom. The van der Waals surface area contributed by atoms with Crippen molar-refractivity contribution in [2.45, 2.75) is 6.92 Å². The molecule has 1 amide bonds. The fourth-order valence-corrected chi connectivity index (χ4v) is 2.39. The maximum absolute atomic E-state index is 11.7. The molecule has 7 nitrogen and oxygen atoms in total. The lowest BCUT2D eigenvalue weighted by Crippen LogP contribution is -2.18. The minimum Gasteiger partial charge on any atom is -0.469 e. The van der Waals surface area contributed by atoms with Gasteiger partial charge in [0.2, 0.25) is 5.91 Å². The van der Waals surface area contributed by atoms with Crippen LogP contribution in [0.2, 0.25) is 0 Å². The lowest BCUT2D eigenvalue weighted by Gasteiger charge is -2.09. The van der Waals surface area contributed by atoms with Crippen LogP contribution in [0.1, 0.15) is 6.92 Å². The van der Waals surface area contributed by atoms with Gasteiger partial charge in [-0.2, -0.15) is 11.8 Å². The van der Waals surface area contributed by atoms with Crippen LogP contribution in [-0.4, -0.2) is 35.4 Å². The number of ether oxygens (including phenoxy) is 1. The van der Waals surface area contributed by atoms with Gasteiger partial charge >= 0.3 is 5.97 Å². The molecule has 0 aliphatic rings. The van der Waals surface area contributed by atoms with E-state index in [1.165, 1.54) is 37.1 Å². The molecule has 0 fully saturated rings. The van der Waals surface area contributed by atoms with Crippen molar-refractivity contribution in [3.63, 3.8) is 0 Å². The number of nitrogens with one attached hydrogen (secondary N) is 1. The van der Waals surface area contributed by atoms with Crippen molar-refractivity contribution in [3.8, 4) is 0 Å². The summed E-state index contributed by atoms with van der Waals surface area (Å²) in [7, 11) is 1.31. The van der Waals surface area contributed by atoms with E-state index in [-0.39, 0.29) is 34.9 Å². The largest absolute Gasteiger partial charge is 0.469 e. The summed E-state index contributed by atoms with van der Waals surface area (Å²) in [4.78, 5) is 33.2. The molecule has 0 spiro atoms. The number of nitro groups is 1. The highest BCUT2D eigenvalue weighted by atomic mass is 32.2. The van der Waals surface area contributed by atoms with Crippen LogP contribution in [-0.2, 0) is 14.3 Å². The Bertz CT molecular complexity index is 535. The van der Waals surface area contributed by atoms with Crippen LogP contribution in [0.4, 0.5) is 11.4 Å². The average Bonchev–Trinajstić information content (AvgIpc) is 2.46. The van der Waals surface area contributed by atoms with Gasteiger partial charge in [-0.3, -0.25) is 19.7 Å². The van der Waals surface area contributed by atoms with Crippen LogP contribution in [0.25, 0.3) is 0 Å². The Balaban J connectivity index is 2.48. The van der Waals surface area contributed by atoms with Crippen molar-refractivity contribution in [2.75, 3.05) is 23.9 Å². The Hall–Kier alpha value is -2.09. The van der Waals surface area contributed by atoms with Crippen molar-refractivity contribution in [1.82, 2.24) is 0 Å². The van der Waals surface area contributed by atoms with Gasteiger partial charge in [0.1, 0.15) is 5.69 Å². The third-order valence-electron chi connectivity index (χ3n) is 2.58. The van der Waals surface area contributed by atoms with E-state index in [2.05, 4.69) is 10.1 Å². The van der Waals surface area contributed by atoms with Crippen LogP contribution >= 0.6 is 11.8 Å². The minimum atomic E-state index is -0.553. The molecule has 1 rings (SSSR count). The quantitative estimate of drug-likeness (QED) is 0.470. The maximum atomic E-state index is 11.7. The summed E-state index contributed by atoms with van der Waals surface area (Å²) in [5.41, 5.74) is 0.00731. The molecule has 1 atom stereocenters. The van der Waals surface area contributed by atoms with Crippen molar-refractivity contribution in [2.24, 2.45) is 5.92 Å². The first-order chi connectivity index (χ1) is 9.95. The van der Waals surface area contributed by atoms with Crippen molar-refractivity contribution < 1.29 is 19.2 Å². The molecule has 0 aliphatic heterocycles. The summed E-state index contributed by atoms with van der Waals surface area (Å²) in [6.07, 6.45) is 0. The summed E-state index contributed by atoms with van der Waals surface area (Å²) in [5.74, 6) is -0.448. The highest BCUT2D eigenvalue weighted by Crippen LogP contribution is 2.23. The first-order valence-electron chi connectivity index (χ1n) is 6.14. The smallest absolute Gasteiger partial charge is 0.309 e. The first kappa shape index (κ1) is 17.0. The molecule has 0 aromatic heterocycles. The topological polar surface area (TPSA) is 98.5 Å². The van der Waals surface area contributed by atoms with E-state index in [1.807, 2.05) is 0 Å². The molecule has 1 aromatic rings. The van der Waals surface area contributed by atoms with E-state index < -0.39 is 4.92 Å². The predicted octanol–water partition coefficient (Wildman–Crippen LogP) is 2.08. The number of hydrogen-bond acceptors (Lipinski definition) is 6. The van der Waals surface area contributed by atoms with Gasteiger partial charge in [0.05, 0.1) is 23.7 Å². The second-order valence-electron chi connectivity index (χ2n) is 4.26. The summed E-state index contributed by atoms with van der Waals surface area (Å²) >= 11 is 1.26. The van der Waals surface area contributed by atoms with Crippen LogP contribution < -0.4 is 5.32 Å². The summed E-state index contributed by atoms with van der Waals surface area (Å²) in [6, 6.07) is 5.93. The normalized spacial score (nSPS) is 11.5. The lowest BCUT2D eigenvalue weighted by molar-refractivity contribution is -0.383. The highest BCUT2D eigenvalue weighted by Gasteiger charge is 2.16. The monoisotopic (exact) mass is 312 g/mol. The Morgan fingerprint density at radius 3 is 2.71 bits per heavy atom. The summed E-state index contributed by atoms with van der Waals surface area (Å²) in [6.45, 7) is 1.71. The molecule has 0 bridgehead atoms. The van der Waals surface area contributed by atoms with Gasteiger partial charge in [-0.15, -0.1) is 0 Å². The minimum absolute atomic E-state index is 0.105. The maximum Gasteiger partial charge on any atom is 0.309 e. The Morgan fingerprint density at radius 1 is 1.43 bits per heavy atom. The second-order valence-corrected chi connectivity index (χ2v) is 5.29. The lowest BCUT2D eigenvalue weighted by atomic mass is 10.2. The van der Waals surface area contributed by atoms with Crippen LogP contribution in [0.3, 0.4) is 0 Å². The molecule has 21 heavy (non-hydrogen) atoms. The van der Waals surface area contributed by atoms with Gasteiger partial charge in [-0.1, -0.05) is 19.1 Å². The van der Waals surface area contributed by atoms with Crippen molar-refractivity contribution in [3.05, 3.63) is 34.4 Å². The summed E-state index contributed by atoms with van der Waals surface area (Å²) < 4.78 is 4.58. The number of hydrogen-bond donors (Lipinski definition) is 1. The number of carbonyl (C=O) groups excluding carboxylic acids is 2. The number of rotatable bonds is 7. The van der Waals surface area contributed by atoms with Gasteiger partial charge in [-0.25, -0.2) is 0 Å². The number of amides is 1. The van der Waals surface area contributed by atoms with E-state index in [9.17, 15) is 19.7 Å². The van der Waals surface area contributed by atoms with Crippen LogP contribution in [0, 0.1) is 16.0 Å². The number of benzene rings is 1. The zero-order valence-corrected chi connectivity index (χ0v) is 12.5. The predicted molar refractivity (Wildman–Crippen MR) is 80.2 cm³/mol. The van der Waals surface area contributed by atoms with Crippen LogP contribution in [0.15, 0.2) is 24.3 Å². The Kier molecular flexibility index (Phi) is 6.67. The van der Waals surface area contributed by atoms with Gasteiger partial charge in [0.15, 0.2) is 0 Å². The zero-order chi connectivity index (χ0) is 15.8. The molecule has 0 heterocycles. The molecule has 114 valence electrons. The third-order valence-corrected chi connectivity index (χ3v) is 3.78. The van der Waals surface area contributed by atoms with E-state index >= 15 is 0 Å². The van der Waals surface area contributed by atoms with Gasteiger partial charge in [0.25, 0.3) is 5.69 Å². The van der Waals surface area contributed by atoms with E-state index in [0.717, 1.165) is 0 Å². The number of carbonyl (C=O) groups is 2. The fourth-order valence-electron chi connectivity index (χ4n) is 1.52. The zero-order valence-electron chi connectivity index (χ0n) is 11.7. The molecule has 1 aromatic carbocycles. The second kappa shape index (κ2) is 8.25. The standard InChI is InChI=1S/C13H16N2O5S/c1-9(13(17)20-2)7-21-8-12(16)14-10-5-3-4-6-11(10)15(18)19/h3-6,9H,7-8H2,1-2H3,(H,14,16). The molecule has 0 aliphatic carbocycles. The number of thioether (sulfide) groups is 1. The summed E-state index contributed by atoms with van der Waals surface area (Å²) in [5, 5.41) is 13.3. The van der Waals surface area contributed by atoms with E-state index in [4.69, 9.17) is 0 Å². The van der Waals surface area contributed by atoms with Crippen molar-refractivity contribution in [1.29, 1.82) is 0 Å². The first-order valence-corrected chi connectivity index (χ1v) is 7.30. The van der Waals surface area contributed by atoms with Crippen LogP contribution in [0.5, 0.6) is 0 Å². The van der Waals surface area contributed by atoms with Gasteiger partial charge in [-0.05, 0) is 6.07 Å². The van der Waals surface area contributed by atoms with Gasteiger partial charge in [0, 0.05) is 11.8 Å². The molecule has 1 unspecified atom stereocenters. The molecular weight excluding hydrogens is 296 g/mol. The number of nitrogens with zero attached hydrogens (tertiary/aromatic N) is 1. The molecular formula is C13H16N2O5S. The molecule has 0 radical (unpaired) electrons. The van der Waals surface area contributed by atoms with Crippen molar-refractivity contribution >= 4 is 35.0 Å². The molecule has 1 N–H and O–H groups in total. The number of methoxy groups -OCH3 is 1. The number of esters is 1. The number of anilines is 1. The molecule has 0 saturated carbocycles. The number of para-hydroxylation sites is 2. The van der Waals surface area contributed by atoms with Gasteiger partial charge < -0.3 is 10.1 Å².